The van der Waals surface area contributed by atoms with Gasteiger partial charge in [0.05, 0.1) is 0 Å². The Hall–Kier alpha value is -0.0900. The summed E-state index contributed by atoms with van der Waals surface area (Å²) in [5.74, 6) is 0. The SMILES string of the molecule is [CH2]N[SH](=O)=O. The van der Waals surface area contributed by atoms with Crippen LogP contribution in [0, 0.1) is 7.05 Å². The van der Waals surface area contributed by atoms with Crippen LogP contribution in [0.3, 0.4) is 0 Å². The van der Waals surface area contributed by atoms with Crippen LogP contribution in [-0.4, -0.2) is 8.42 Å². The van der Waals surface area contributed by atoms with Crippen molar-refractivity contribution >= 4 is 10.9 Å². The van der Waals surface area contributed by atoms with E-state index in [1.165, 1.54) is 0 Å². The summed E-state index contributed by atoms with van der Waals surface area (Å²) in [5, 5.41) is 0. The normalized spacial score (nSPS) is 9.20. The summed E-state index contributed by atoms with van der Waals surface area (Å²) in [6.07, 6.45) is 0. The minimum Gasteiger partial charge on any atom is -0.216 e. The lowest BCUT2D eigenvalue weighted by Gasteiger charge is -1.66. The second kappa shape index (κ2) is 2.17. The summed E-state index contributed by atoms with van der Waals surface area (Å²) in [6.45, 7) is 0. The van der Waals surface area contributed by atoms with Crippen LogP contribution < -0.4 is 4.72 Å². The van der Waals surface area contributed by atoms with Gasteiger partial charge in [-0.1, -0.05) is 0 Å². The lowest BCUT2D eigenvalue weighted by atomic mass is 11.6. The van der Waals surface area contributed by atoms with E-state index < -0.39 is 10.9 Å². The predicted molar refractivity (Wildman–Crippen MR) is 18.8 cm³/mol. The van der Waals surface area contributed by atoms with Gasteiger partial charge in [0.2, 0.25) is 10.9 Å². The van der Waals surface area contributed by atoms with Gasteiger partial charge in [-0.25, -0.2) is 13.1 Å². The molecule has 31 valence electrons. The van der Waals surface area contributed by atoms with Gasteiger partial charge in [-0.15, -0.1) is 0 Å². The number of hydrogen-bond donors (Lipinski definition) is 2. The molecule has 0 aliphatic rings. The number of rotatable bonds is 1. The second-order valence-corrected chi connectivity index (χ2v) is 1.25. The maximum absolute atomic E-state index is 9.23. The third kappa shape index (κ3) is 3.91. The number of thiol groups is 1. The van der Waals surface area contributed by atoms with Gasteiger partial charge in [0.15, 0.2) is 0 Å². The highest BCUT2D eigenvalue weighted by Crippen LogP contribution is 1.36. The Morgan fingerprint density at radius 2 is 1.80 bits per heavy atom. The number of nitrogens with one attached hydrogen (secondary N) is 1. The Balaban J connectivity index is 3.23. The molecular formula is CH4NO2S. The molecular weight excluding hydrogens is 90.1 g/mol. The number of hydrogen-bond acceptors (Lipinski definition) is 2. The highest BCUT2D eigenvalue weighted by molar-refractivity contribution is 7.70. The molecule has 0 unspecified atom stereocenters. The molecule has 0 aliphatic heterocycles. The van der Waals surface area contributed by atoms with Gasteiger partial charge < -0.3 is 0 Å². The second-order valence-electron chi connectivity index (χ2n) is 0.415. The predicted octanol–water partition coefficient (Wildman–Crippen LogP) is -1.11. The first-order valence-electron chi connectivity index (χ1n) is 0.942. The third-order valence-electron chi connectivity index (χ3n) is 0.129. The van der Waals surface area contributed by atoms with Gasteiger partial charge in [-0.3, -0.25) is 0 Å². The molecule has 0 aromatic heterocycles. The Labute approximate surface area is 32.1 Å². The van der Waals surface area contributed by atoms with Crippen LogP contribution in [0.5, 0.6) is 0 Å². The summed E-state index contributed by atoms with van der Waals surface area (Å²) in [5.41, 5.74) is 0. The van der Waals surface area contributed by atoms with Crippen molar-refractivity contribution in [3.05, 3.63) is 7.05 Å². The standard InChI is InChI=1S/CH4NO2S/c1-2-5(3)4/h5H,1H2,(H,2,3,4). The molecule has 1 N–H and O–H groups in total. The van der Waals surface area contributed by atoms with Crippen LogP contribution >= 0.6 is 0 Å². The maximum atomic E-state index is 9.23. The fourth-order valence-electron chi connectivity index (χ4n) is 0. The van der Waals surface area contributed by atoms with Crippen molar-refractivity contribution in [3.8, 4) is 0 Å². The molecule has 0 aromatic carbocycles. The fraction of sp³-hybridized carbons (Fsp3) is 0. The van der Waals surface area contributed by atoms with Crippen molar-refractivity contribution in [1.82, 2.24) is 4.72 Å². The Kier molecular flexibility index (Phi) is 2.13. The van der Waals surface area contributed by atoms with Crippen molar-refractivity contribution in [2.75, 3.05) is 0 Å². The van der Waals surface area contributed by atoms with E-state index >= 15 is 0 Å². The summed E-state index contributed by atoms with van der Waals surface area (Å²) in [4.78, 5) is 0. The molecule has 1 radical (unpaired) electrons. The molecule has 3 nitrogen and oxygen atoms in total. The molecule has 0 fully saturated rings. The molecule has 0 atom stereocenters. The van der Waals surface area contributed by atoms with Crippen molar-refractivity contribution in [2.45, 2.75) is 0 Å². The van der Waals surface area contributed by atoms with E-state index in [1.54, 1.807) is 4.72 Å². The van der Waals surface area contributed by atoms with Gasteiger partial charge in [0, 0.05) is 7.05 Å². The summed E-state index contributed by atoms with van der Waals surface area (Å²) in [7, 11) is 0.380. The molecule has 0 aliphatic carbocycles. The fourth-order valence-corrected chi connectivity index (χ4v) is 0. The summed E-state index contributed by atoms with van der Waals surface area (Å²) in [6, 6.07) is 0. The molecule has 0 heterocycles. The van der Waals surface area contributed by atoms with Gasteiger partial charge in [-0.05, 0) is 0 Å². The first-order chi connectivity index (χ1) is 2.27. The molecule has 0 saturated carbocycles. The Bertz CT molecular complexity index is 67.7. The molecule has 0 saturated heterocycles. The lowest BCUT2D eigenvalue weighted by molar-refractivity contribution is 0.609. The zero-order valence-electron chi connectivity index (χ0n) is 2.47. The lowest BCUT2D eigenvalue weighted by Crippen LogP contribution is -1.95. The monoisotopic (exact) mass is 94.0 g/mol. The molecule has 4 heteroatoms. The summed E-state index contributed by atoms with van der Waals surface area (Å²) < 4.78 is 20.2. The van der Waals surface area contributed by atoms with E-state index in [9.17, 15) is 8.42 Å². The molecule has 0 amide bonds. The van der Waals surface area contributed by atoms with E-state index in [2.05, 4.69) is 7.05 Å². The molecule has 0 rings (SSSR count). The summed E-state index contributed by atoms with van der Waals surface area (Å²) >= 11 is 0. The highest BCUT2D eigenvalue weighted by Gasteiger charge is 1.60. The smallest absolute Gasteiger partial charge is 0.201 e. The van der Waals surface area contributed by atoms with E-state index in [1.807, 2.05) is 0 Å². The zero-order chi connectivity index (χ0) is 4.28. The molecule has 0 bridgehead atoms. The van der Waals surface area contributed by atoms with Crippen LogP contribution in [0.1, 0.15) is 0 Å². The third-order valence-corrected chi connectivity index (χ3v) is 0.387. The molecule has 0 spiro atoms. The zero-order valence-corrected chi connectivity index (χ0v) is 3.37. The molecule has 0 aromatic rings. The Morgan fingerprint density at radius 1 is 1.60 bits per heavy atom. The van der Waals surface area contributed by atoms with Crippen molar-refractivity contribution < 1.29 is 8.42 Å². The first-order valence-corrected chi connectivity index (χ1v) is 2.12. The van der Waals surface area contributed by atoms with Gasteiger partial charge >= 0.3 is 0 Å². The van der Waals surface area contributed by atoms with Crippen molar-refractivity contribution in [1.29, 1.82) is 0 Å². The van der Waals surface area contributed by atoms with Crippen LogP contribution in [0.15, 0.2) is 0 Å². The minimum atomic E-state index is -2.46. The van der Waals surface area contributed by atoms with Crippen LogP contribution in [-0.2, 0) is 10.9 Å². The minimum absolute atomic E-state index is 1.73. The maximum Gasteiger partial charge on any atom is 0.201 e. The van der Waals surface area contributed by atoms with Crippen LogP contribution in [0.25, 0.3) is 0 Å². The first kappa shape index (κ1) is 4.91. The van der Waals surface area contributed by atoms with Crippen LogP contribution in [0.4, 0.5) is 0 Å². The van der Waals surface area contributed by atoms with E-state index in [4.69, 9.17) is 0 Å². The Morgan fingerprint density at radius 3 is 1.80 bits per heavy atom. The topological polar surface area (TPSA) is 46.2 Å². The van der Waals surface area contributed by atoms with Crippen molar-refractivity contribution in [3.63, 3.8) is 0 Å². The largest absolute Gasteiger partial charge is 0.216 e. The highest BCUT2D eigenvalue weighted by atomic mass is 32.2. The van der Waals surface area contributed by atoms with Gasteiger partial charge in [-0.2, -0.15) is 0 Å². The van der Waals surface area contributed by atoms with Gasteiger partial charge in [0.25, 0.3) is 0 Å². The van der Waals surface area contributed by atoms with E-state index in [-0.39, 0.29) is 0 Å². The average molecular weight is 94.1 g/mol. The quantitative estimate of drug-likeness (QED) is 0.405. The molecule has 5 heavy (non-hydrogen) atoms. The van der Waals surface area contributed by atoms with Crippen LogP contribution in [0.2, 0.25) is 0 Å². The average Bonchev–Trinajstić information content (AvgIpc) is 1.38. The van der Waals surface area contributed by atoms with Crippen molar-refractivity contribution in [2.24, 2.45) is 0 Å². The van der Waals surface area contributed by atoms with E-state index in [0.717, 1.165) is 0 Å². The van der Waals surface area contributed by atoms with E-state index in [0.29, 0.717) is 0 Å². The van der Waals surface area contributed by atoms with Gasteiger partial charge in [0.1, 0.15) is 0 Å².